The molecule has 2 aromatic rings. The number of hydrogen-bond acceptors (Lipinski definition) is 5. The molecule has 2 rings (SSSR count). The van der Waals surface area contributed by atoms with E-state index in [9.17, 15) is 14.4 Å². The summed E-state index contributed by atoms with van der Waals surface area (Å²) in [6.45, 7) is 7.46. The van der Waals surface area contributed by atoms with Gasteiger partial charge in [0.15, 0.2) is 19.0 Å². The summed E-state index contributed by atoms with van der Waals surface area (Å²) in [5, 5.41) is 2.70. The second-order valence-electron chi connectivity index (χ2n) is 7.63. The van der Waals surface area contributed by atoms with Crippen LogP contribution in [0.25, 0.3) is 0 Å². The molecule has 2 aromatic carbocycles. The van der Waals surface area contributed by atoms with Crippen molar-refractivity contribution in [3.05, 3.63) is 59.7 Å². The zero-order chi connectivity index (χ0) is 21.4. The third-order valence-corrected chi connectivity index (χ3v) is 4.25. The minimum atomic E-state index is -0.620. The molecule has 0 unspecified atom stereocenters. The van der Waals surface area contributed by atoms with Crippen LogP contribution < -0.4 is 10.1 Å². The summed E-state index contributed by atoms with van der Waals surface area (Å²) in [5.74, 6) is -0.497. The summed E-state index contributed by atoms with van der Waals surface area (Å²) >= 11 is 0. The quantitative estimate of drug-likeness (QED) is 0.535. The average molecular weight is 397 g/mol. The van der Waals surface area contributed by atoms with Crippen molar-refractivity contribution in [2.75, 3.05) is 18.5 Å². The number of nitrogens with one attached hydrogen (secondary N) is 1. The molecule has 154 valence electrons. The lowest BCUT2D eigenvalue weighted by Crippen LogP contribution is -2.19. The van der Waals surface area contributed by atoms with E-state index in [4.69, 9.17) is 9.47 Å². The second-order valence-corrected chi connectivity index (χ2v) is 7.63. The number of rotatable bonds is 8. The van der Waals surface area contributed by atoms with E-state index in [1.807, 2.05) is 12.1 Å². The topological polar surface area (TPSA) is 81.7 Å². The zero-order valence-electron chi connectivity index (χ0n) is 17.3. The van der Waals surface area contributed by atoms with Crippen LogP contribution in [0.5, 0.6) is 5.75 Å². The number of benzene rings is 2. The highest BCUT2D eigenvalue weighted by Crippen LogP contribution is 2.24. The van der Waals surface area contributed by atoms with Gasteiger partial charge in [0, 0.05) is 17.7 Å². The van der Waals surface area contributed by atoms with Crippen molar-refractivity contribution in [3.63, 3.8) is 0 Å². The summed E-state index contributed by atoms with van der Waals surface area (Å²) in [7, 11) is 0. The van der Waals surface area contributed by atoms with Crippen LogP contribution in [-0.4, -0.2) is 30.9 Å². The number of hydrogen-bond donors (Lipinski definition) is 1. The van der Waals surface area contributed by atoms with Crippen LogP contribution >= 0.6 is 0 Å². The summed E-state index contributed by atoms with van der Waals surface area (Å²) < 4.78 is 10.4. The molecule has 0 fully saturated rings. The molecule has 1 amide bonds. The maximum absolute atomic E-state index is 12.1. The van der Waals surface area contributed by atoms with Crippen molar-refractivity contribution in [2.24, 2.45) is 0 Å². The molecule has 0 atom stereocenters. The van der Waals surface area contributed by atoms with Crippen LogP contribution in [0.2, 0.25) is 0 Å². The molecule has 0 saturated carbocycles. The first-order chi connectivity index (χ1) is 13.7. The number of anilines is 1. The molecule has 29 heavy (non-hydrogen) atoms. The van der Waals surface area contributed by atoms with Crippen LogP contribution in [0.1, 0.15) is 50.0 Å². The van der Waals surface area contributed by atoms with Gasteiger partial charge < -0.3 is 14.8 Å². The first kappa shape index (κ1) is 22.1. The lowest BCUT2D eigenvalue weighted by atomic mass is 9.87. The van der Waals surface area contributed by atoms with Gasteiger partial charge in [-0.15, -0.1) is 0 Å². The van der Waals surface area contributed by atoms with Crippen LogP contribution in [0.15, 0.2) is 48.5 Å². The number of Topliss-reactive ketones (excluding diaryl/α,β-unsaturated/α-hetero) is 1. The minimum absolute atomic E-state index is 0.0393. The second kappa shape index (κ2) is 9.87. The molecule has 0 aliphatic rings. The van der Waals surface area contributed by atoms with Gasteiger partial charge in [-0.1, -0.05) is 39.8 Å². The fraction of sp³-hybridized carbons (Fsp3) is 0.348. The lowest BCUT2D eigenvalue weighted by molar-refractivity contribution is -0.144. The first-order valence-corrected chi connectivity index (χ1v) is 9.51. The number of esters is 1. The van der Waals surface area contributed by atoms with Gasteiger partial charge in [-0.2, -0.15) is 0 Å². The van der Waals surface area contributed by atoms with E-state index >= 15 is 0 Å². The Morgan fingerprint density at radius 1 is 0.897 bits per heavy atom. The molecule has 6 nitrogen and oxygen atoms in total. The van der Waals surface area contributed by atoms with E-state index in [1.54, 1.807) is 43.3 Å². The number of amides is 1. The number of carbonyl (C=O) groups excluding carboxylic acids is 3. The van der Waals surface area contributed by atoms with Crippen molar-refractivity contribution in [1.82, 2.24) is 0 Å². The van der Waals surface area contributed by atoms with Gasteiger partial charge in [0.25, 0.3) is 0 Å². The van der Waals surface area contributed by atoms with E-state index in [1.165, 1.54) is 5.56 Å². The zero-order valence-corrected chi connectivity index (χ0v) is 17.3. The van der Waals surface area contributed by atoms with Crippen LogP contribution in [0.3, 0.4) is 0 Å². The molecule has 0 bridgehead atoms. The van der Waals surface area contributed by atoms with E-state index < -0.39 is 5.97 Å². The van der Waals surface area contributed by atoms with Crippen LogP contribution in [0.4, 0.5) is 5.69 Å². The van der Waals surface area contributed by atoms with Crippen LogP contribution in [-0.2, 0) is 19.7 Å². The number of carbonyl (C=O) groups is 3. The molecular formula is C23H27NO5. The average Bonchev–Trinajstić information content (AvgIpc) is 2.70. The summed E-state index contributed by atoms with van der Waals surface area (Å²) in [6.07, 6.45) is 0.374. The largest absolute Gasteiger partial charge is 0.482 e. The smallest absolute Gasteiger partial charge is 0.344 e. The maximum atomic E-state index is 12.1. The van der Waals surface area contributed by atoms with Gasteiger partial charge in [0.2, 0.25) is 5.91 Å². The van der Waals surface area contributed by atoms with Gasteiger partial charge >= 0.3 is 5.97 Å². The Morgan fingerprint density at radius 2 is 1.52 bits per heavy atom. The fourth-order valence-electron chi connectivity index (χ4n) is 2.45. The van der Waals surface area contributed by atoms with Gasteiger partial charge in [0.05, 0.1) is 0 Å². The van der Waals surface area contributed by atoms with Crippen molar-refractivity contribution in [3.8, 4) is 5.75 Å². The summed E-state index contributed by atoms with van der Waals surface area (Å²) in [4.78, 5) is 35.3. The lowest BCUT2D eigenvalue weighted by Gasteiger charge is -2.19. The molecule has 0 radical (unpaired) electrons. The molecule has 0 saturated heterocycles. The summed E-state index contributed by atoms with van der Waals surface area (Å²) in [6, 6.07) is 13.9. The molecule has 0 aromatic heterocycles. The summed E-state index contributed by atoms with van der Waals surface area (Å²) in [5.41, 5.74) is 2.21. The number of ketones is 1. The molecule has 0 aliphatic carbocycles. The van der Waals surface area contributed by atoms with E-state index in [-0.39, 0.29) is 30.3 Å². The van der Waals surface area contributed by atoms with Crippen molar-refractivity contribution in [1.29, 1.82) is 0 Å². The monoisotopic (exact) mass is 397 g/mol. The molecule has 1 N–H and O–H groups in total. The third kappa shape index (κ3) is 7.07. The Morgan fingerprint density at radius 3 is 2.07 bits per heavy atom. The van der Waals surface area contributed by atoms with Crippen molar-refractivity contribution < 1.29 is 23.9 Å². The van der Waals surface area contributed by atoms with Gasteiger partial charge in [-0.05, 0) is 47.4 Å². The fourth-order valence-corrected chi connectivity index (χ4v) is 2.45. The predicted octanol–water partition coefficient (Wildman–Crippen LogP) is 4.14. The van der Waals surface area contributed by atoms with Crippen LogP contribution in [0, 0.1) is 0 Å². The molecule has 0 aliphatic heterocycles. The van der Waals surface area contributed by atoms with Gasteiger partial charge in [-0.3, -0.25) is 9.59 Å². The van der Waals surface area contributed by atoms with E-state index in [0.29, 0.717) is 23.4 Å². The first-order valence-electron chi connectivity index (χ1n) is 9.51. The Kier molecular flexibility index (Phi) is 7.53. The highest BCUT2D eigenvalue weighted by molar-refractivity contribution is 5.98. The Bertz CT molecular complexity index is 848. The Hall–Kier alpha value is -3.15. The van der Waals surface area contributed by atoms with Crippen molar-refractivity contribution >= 4 is 23.3 Å². The highest BCUT2D eigenvalue weighted by atomic mass is 16.6. The third-order valence-electron chi connectivity index (χ3n) is 4.25. The van der Waals surface area contributed by atoms with E-state index in [2.05, 4.69) is 26.1 Å². The van der Waals surface area contributed by atoms with E-state index in [0.717, 1.165) is 0 Å². The molecule has 0 spiro atoms. The normalized spacial score (nSPS) is 10.9. The Labute approximate surface area is 171 Å². The maximum Gasteiger partial charge on any atom is 0.344 e. The predicted molar refractivity (Wildman–Crippen MR) is 111 cm³/mol. The molecule has 6 heteroatoms. The molecule has 0 heterocycles. The SMILES string of the molecule is CCC(=O)Nc1ccc(C(=O)COC(=O)COc2ccc(C(C)(C)C)cc2)cc1. The number of ether oxygens (including phenoxy) is 2. The standard InChI is InChI=1S/C23H27NO5/c1-5-21(26)24-18-10-6-16(7-11-18)20(25)14-29-22(27)15-28-19-12-8-17(9-13-19)23(2,3)4/h6-13H,5,14-15H2,1-4H3,(H,24,26). The van der Waals surface area contributed by atoms with Crippen molar-refractivity contribution in [2.45, 2.75) is 39.5 Å². The van der Waals surface area contributed by atoms with Gasteiger partial charge in [-0.25, -0.2) is 4.79 Å². The Balaban J connectivity index is 1.78. The molecular weight excluding hydrogens is 370 g/mol. The van der Waals surface area contributed by atoms with Gasteiger partial charge in [0.1, 0.15) is 5.75 Å². The minimum Gasteiger partial charge on any atom is -0.482 e. The highest BCUT2D eigenvalue weighted by Gasteiger charge is 2.14.